The quantitative estimate of drug-likeness (QED) is 0.833. The molecule has 6 nitrogen and oxygen atoms in total. The van der Waals surface area contributed by atoms with Crippen molar-refractivity contribution in [2.45, 2.75) is 27.2 Å². The summed E-state index contributed by atoms with van der Waals surface area (Å²) >= 11 is 0. The molecule has 1 aromatic carbocycles. The van der Waals surface area contributed by atoms with Crippen molar-refractivity contribution in [1.82, 2.24) is 9.62 Å². The van der Waals surface area contributed by atoms with Gasteiger partial charge in [-0.3, -0.25) is 9.52 Å². The Bertz CT molecular complexity index is 658. The normalized spacial score (nSPS) is 19.0. The van der Waals surface area contributed by atoms with Gasteiger partial charge < -0.3 is 5.32 Å². The van der Waals surface area contributed by atoms with Crippen LogP contribution in [0.4, 0.5) is 5.69 Å². The van der Waals surface area contributed by atoms with Crippen LogP contribution in [0.15, 0.2) is 24.3 Å². The van der Waals surface area contributed by atoms with Crippen LogP contribution in [0.5, 0.6) is 0 Å². The zero-order valence-electron chi connectivity index (χ0n) is 13.9. The molecule has 1 fully saturated rings. The van der Waals surface area contributed by atoms with Gasteiger partial charge in [0.05, 0.1) is 11.3 Å². The minimum atomic E-state index is -3.63. The first-order valence-electron chi connectivity index (χ1n) is 7.94. The lowest BCUT2D eigenvalue weighted by atomic mass is 10.1. The summed E-state index contributed by atoms with van der Waals surface area (Å²) in [4.78, 5) is 12.3. The molecule has 23 heavy (non-hydrogen) atoms. The molecule has 1 saturated heterocycles. The minimum absolute atomic E-state index is 0.271. The van der Waals surface area contributed by atoms with E-state index in [1.54, 1.807) is 24.3 Å². The van der Waals surface area contributed by atoms with E-state index in [2.05, 4.69) is 10.0 Å². The van der Waals surface area contributed by atoms with Crippen molar-refractivity contribution in [2.24, 2.45) is 11.8 Å². The van der Waals surface area contributed by atoms with Crippen molar-refractivity contribution in [3.63, 3.8) is 0 Å². The number of para-hydroxylation sites is 1. The lowest BCUT2D eigenvalue weighted by Gasteiger charge is -2.19. The van der Waals surface area contributed by atoms with Gasteiger partial charge in [-0.15, -0.1) is 0 Å². The third-order valence-corrected chi connectivity index (χ3v) is 5.30. The van der Waals surface area contributed by atoms with Gasteiger partial charge in [-0.1, -0.05) is 32.9 Å². The maximum Gasteiger partial charge on any atom is 0.301 e. The van der Waals surface area contributed by atoms with Crippen LogP contribution in [0, 0.1) is 11.8 Å². The molecule has 2 N–H and O–H groups in total. The number of carbonyl (C=O) groups is 1. The van der Waals surface area contributed by atoms with E-state index in [-0.39, 0.29) is 5.91 Å². The maximum absolute atomic E-state index is 12.5. The summed E-state index contributed by atoms with van der Waals surface area (Å²) in [6.45, 7) is 7.61. The third-order valence-electron chi connectivity index (χ3n) is 3.81. The first-order valence-corrected chi connectivity index (χ1v) is 9.38. The van der Waals surface area contributed by atoms with E-state index in [9.17, 15) is 13.2 Å². The second kappa shape index (κ2) is 7.31. The summed E-state index contributed by atoms with van der Waals surface area (Å²) in [6, 6.07) is 6.67. The van der Waals surface area contributed by atoms with E-state index in [4.69, 9.17) is 0 Å². The fraction of sp³-hybridized carbons (Fsp3) is 0.562. The molecule has 0 aliphatic carbocycles. The number of amides is 1. The molecule has 0 radical (unpaired) electrons. The van der Waals surface area contributed by atoms with E-state index in [1.165, 1.54) is 4.31 Å². The number of hydrogen-bond acceptors (Lipinski definition) is 3. The number of rotatable bonds is 6. The molecule has 0 unspecified atom stereocenters. The highest BCUT2D eigenvalue weighted by atomic mass is 32.2. The summed E-state index contributed by atoms with van der Waals surface area (Å²) in [5.41, 5.74) is 0.650. The highest BCUT2D eigenvalue weighted by Crippen LogP contribution is 2.22. The third kappa shape index (κ3) is 4.68. The Morgan fingerprint density at radius 2 is 2.04 bits per heavy atom. The van der Waals surface area contributed by atoms with Gasteiger partial charge in [0.25, 0.3) is 5.91 Å². The van der Waals surface area contributed by atoms with E-state index in [0.717, 1.165) is 6.42 Å². The zero-order valence-corrected chi connectivity index (χ0v) is 14.7. The Balaban J connectivity index is 2.15. The first-order chi connectivity index (χ1) is 10.8. The SMILES string of the molecule is CC(C)CNC(=O)c1ccccc1NS(=O)(=O)N1CC[C@@H](C)C1. The second-order valence-corrected chi connectivity index (χ2v) is 8.18. The zero-order chi connectivity index (χ0) is 17.0. The largest absolute Gasteiger partial charge is 0.352 e. The van der Waals surface area contributed by atoms with Crippen molar-refractivity contribution in [3.05, 3.63) is 29.8 Å². The summed E-state index contributed by atoms with van der Waals surface area (Å²) in [5, 5.41) is 2.81. The Hall–Kier alpha value is -1.60. The van der Waals surface area contributed by atoms with Gasteiger partial charge in [0.15, 0.2) is 0 Å². The van der Waals surface area contributed by atoms with E-state index in [1.807, 2.05) is 20.8 Å². The summed E-state index contributed by atoms with van der Waals surface area (Å²) in [5.74, 6) is 0.414. The van der Waals surface area contributed by atoms with Crippen molar-refractivity contribution in [3.8, 4) is 0 Å². The second-order valence-electron chi connectivity index (χ2n) is 6.51. The number of benzene rings is 1. The van der Waals surface area contributed by atoms with Crippen LogP contribution in [-0.4, -0.2) is 38.3 Å². The number of hydrogen-bond donors (Lipinski definition) is 2. The number of anilines is 1. The van der Waals surface area contributed by atoms with Crippen molar-refractivity contribution in [2.75, 3.05) is 24.4 Å². The topological polar surface area (TPSA) is 78.5 Å². The first kappa shape index (κ1) is 17.7. The minimum Gasteiger partial charge on any atom is -0.352 e. The van der Waals surface area contributed by atoms with Gasteiger partial charge in [-0.25, -0.2) is 0 Å². The molecule has 7 heteroatoms. The van der Waals surface area contributed by atoms with E-state index in [0.29, 0.717) is 42.7 Å². The average Bonchev–Trinajstić information content (AvgIpc) is 2.92. The predicted molar refractivity (Wildman–Crippen MR) is 91.5 cm³/mol. The molecule has 1 aliphatic heterocycles. The van der Waals surface area contributed by atoms with Crippen molar-refractivity contribution < 1.29 is 13.2 Å². The van der Waals surface area contributed by atoms with Crippen LogP contribution in [-0.2, 0) is 10.2 Å². The molecule has 2 rings (SSSR count). The molecule has 0 bridgehead atoms. The van der Waals surface area contributed by atoms with Gasteiger partial charge >= 0.3 is 10.2 Å². The van der Waals surface area contributed by atoms with E-state index < -0.39 is 10.2 Å². The Labute approximate surface area is 138 Å². The van der Waals surface area contributed by atoms with Crippen LogP contribution in [0.25, 0.3) is 0 Å². The molecule has 1 amide bonds. The lowest BCUT2D eigenvalue weighted by Crippen LogP contribution is -2.35. The van der Waals surface area contributed by atoms with Gasteiger partial charge in [0, 0.05) is 19.6 Å². The molecule has 1 aliphatic rings. The lowest BCUT2D eigenvalue weighted by molar-refractivity contribution is 0.0950. The molecule has 0 spiro atoms. The fourth-order valence-electron chi connectivity index (χ4n) is 2.48. The smallest absolute Gasteiger partial charge is 0.301 e. The Kier molecular flexibility index (Phi) is 5.64. The van der Waals surface area contributed by atoms with Gasteiger partial charge in [-0.05, 0) is 30.4 Å². The monoisotopic (exact) mass is 339 g/mol. The predicted octanol–water partition coefficient (Wildman–Crippen LogP) is 2.07. The number of carbonyl (C=O) groups excluding carboxylic acids is 1. The highest BCUT2D eigenvalue weighted by Gasteiger charge is 2.30. The number of nitrogens with zero attached hydrogens (tertiary/aromatic N) is 1. The highest BCUT2D eigenvalue weighted by molar-refractivity contribution is 7.90. The molecule has 0 aromatic heterocycles. The van der Waals surface area contributed by atoms with Crippen molar-refractivity contribution >= 4 is 21.8 Å². The molecule has 1 aromatic rings. The number of nitrogens with one attached hydrogen (secondary N) is 2. The van der Waals surface area contributed by atoms with Crippen LogP contribution in [0.3, 0.4) is 0 Å². The van der Waals surface area contributed by atoms with Crippen LogP contribution < -0.4 is 10.0 Å². The molecule has 1 heterocycles. The fourth-order valence-corrected chi connectivity index (χ4v) is 3.86. The van der Waals surface area contributed by atoms with Crippen LogP contribution in [0.2, 0.25) is 0 Å². The van der Waals surface area contributed by atoms with Gasteiger partial charge in [0.1, 0.15) is 0 Å². The molecular formula is C16H25N3O3S. The standard InChI is InChI=1S/C16H25N3O3S/c1-12(2)10-17-16(20)14-6-4-5-7-15(14)18-23(21,22)19-9-8-13(3)11-19/h4-7,12-13,18H,8-11H2,1-3H3,(H,17,20)/t13-/m1/s1. The summed E-state index contributed by atoms with van der Waals surface area (Å²) < 4.78 is 28.9. The van der Waals surface area contributed by atoms with Crippen LogP contribution >= 0.6 is 0 Å². The molecular weight excluding hydrogens is 314 g/mol. The van der Waals surface area contributed by atoms with Crippen molar-refractivity contribution in [1.29, 1.82) is 0 Å². The van der Waals surface area contributed by atoms with Crippen LogP contribution in [0.1, 0.15) is 37.6 Å². The summed E-state index contributed by atoms with van der Waals surface area (Å²) in [7, 11) is -3.63. The van der Waals surface area contributed by atoms with Gasteiger partial charge in [-0.2, -0.15) is 12.7 Å². The molecule has 128 valence electrons. The summed E-state index contributed by atoms with van der Waals surface area (Å²) in [6.07, 6.45) is 0.859. The maximum atomic E-state index is 12.5. The molecule has 0 saturated carbocycles. The Morgan fingerprint density at radius 3 is 2.65 bits per heavy atom. The molecule has 1 atom stereocenters. The average molecular weight is 339 g/mol. The van der Waals surface area contributed by atoms with E-state index >= 15 is 0 Å². The van der Waals surface area contributed by atoms with Gasteiger partial charge in [0.2, 0.25) is 0 Å². The Morgan fingerprint density at radius 1 is 1.35 bits per heavy atom.